The summed E-state index contributed by atoms with van der Waals surface area (Å²) < 4.78 is 18.2. The molecule has 0 aliphatic carbocycles. The van der Waals surface area contributed by atoms with Gasteiger partial charge in [-0.25, -0.2) is 9.37 Å². The topological polar surface area (TPSA) is 124 Å². The third kappa shape index (κ3) is 3.21. The number of aromatic nitrogens is 1. The number of halogens is 1. The largest absolute Gasteiger partial charge is 0.438 e. The van der Waals surface area contributed by atoms with E-state index in [1.54, 1.807) is 0 Å². The lowest BCUT2D eigenvalue weighted by Crippen LogP contribution is -2.15. The highest BCUT2D eigenvalue weighted by Crippen LogP contribution is 2.26. The van der Waals surface area contributed by atoms with Gasteiger partial charge in [-0.15, -0.1) is 0 Å². The molecular weight excluding hydrogens is 283 g/mol. The van der Waals surface area contributed by atoms with E-state index >= 15 is 0 Å². The van der Waals surface area contributed by atoms with Crippen molar-refractivity contribution in [3.05, 3.63) is 58.0 Å². The zero-order chi connectivity index (χ0) is 15.4. The maximum absolute atomic E-state index is 12.8. The van der Waals surface area contributed by atoms with Crippen molar-refractivity contribution in [2.75, 3.05) is 0 Å². The number of benzene rings is 1. The van der Waals surface area contributed by atoms with Crippen LogP contribution in [0.5, 0.6) is 11.6 Å². The molecule has 2 aromatic rings. The minimum absolute atomic E-state index is 0.0592. The Labute approximate surface area is 117 Å². The number of nitrogens with zero attached hydrogens (tertiary/aromatic N) is 3. The first-order valence-electron chi connectivity index (χ1n) is 5.57. The Hall–Kier alpha value is -3.23. The van der Waals surface area contributed by atoms with Gasteiger partial charge in [0.15, 0.2) is 5.84 Å². The number of amidine groups is 1. The van der Waals surface area contributed by atoms with Crippen molar-refractivity contribution in [2.45, 2.75) is 0 Å². The van der Waals surface area contributed by atoms with Crippen LogP contribution >= 0.6 is 0 Å². The van der Waals surface area contributed by atoms with Crippen LogP contribution in [-0.2, 0) is 0 Å². The molecule has 8 nitrogen and oxygen atoms in total. The molecule has 1 heterocycles. The third-order valence-corrected chi connectivity index (χ3v) is 2.46. The van der Waals surface area contributed by atoms with Crippen molar-refractivity contribution in [1.29, 1.82) is 0 Å². The monoisotopic (exact) mass is 292 g/mol. The van der Waals surface area contributed by atoms with Crippen molar-refractivity contribution in [1.82, 2.24) is 4.98 Å². The van der Waals surface area contributed by atoms with Gasteiger partial charge in [0, 0.05) is 6.07 Å². The summed E-state index contributed by atoms with van der Waals surface area (Å²) in [5, 5.41) is 22.2. The number of nitro groups is 1. The molecule has 0 atom stereocenters. The lowest BCUT2D eigenvalue weighted by molar-refractivity contribution is -0.385. The summed E-state index contributed by atoms with van der Waals surface area (Å²) in [7, 11) is 0. The molecule has 3 N–H and O–H groups in total. The SMILES string of the molecule is NC(=NO)c1cc([N+](=O)[O-])cnc1Oc1ccc(F)cc1. The fourth-order valence-electron chi connectivity index (χ4n) is 1.47. The fraction of sp³-hybridized carbons (Fsp3) is 0. The second-order valence-corrected chi connectivity index (χ2v) is 3.84. The Morgan fingerprint density at radius 3 is 2.67 bits per heavy atom. The predicted octanol–water partition coefficient (Wildman–Crippen LogP) is 2.02. The molecule has 108 valence electrons. The molecule has 0 unspecified atom stereocenters. The maximum Gasteiger partial charge on any atom is 0.288 e. The molecule has 0 amide bonds. The summed E-state index contributed by atoms with van der Waals surface area (Å²) in [6.45, 7) is 0. The normalized spacial score (nSPS) is 11.2. The Morgan fingerprint density at radius 1 is 1.43 bits per heavy atom. The highest BCUT2D eigenvalue weighted by Gasteiger charge is 2.17. The van der Waals surface area contributed by atoms with Gasteiger partial charge in [0.2, 0.25) is 5.88 Å². The molecule has 0 saturated heterocycles. The molecule has 0 fully saturated rings. The quantitative estimate of drug-likeness (QED) is 0.292. The molecule has 1 aromatic carbocycles. The molecule has 0 aliphatic rings. The van der Waals surface area contributed by atoms with E-state index in [1.807, 2.05) is 0 Å². The summed E-state index contributed by atoms with van der Waals surface area (Å²) in [5.74, 6) is -0.716. The number of hydrogen-bond acceptors (Lipinski definition) is 6. The van der Waals surface area contributed by atoms with Gasteiger partial charge in [0.1, 0.15) is 17.8 Å². The van der Waals surface area contributed by atoms with Crippen LogP contribution in [0.1, 0.15) is 5.56 Å². The van der Waals surface area contributed by atoms with E-state index in [9.17, 15) is 14.5 Å². The van der Waals surface area contributed by atoms with E-state index in [2.05, 4.69) is 10.1 Å². The Bertz CT molecular complexity index is 703. The summed E-state index contributed by atoms with van der Waals surface area (Å²) >= 11 is 0. The summed E-state index contributed by atoms with van der Waals surface area (Å²) in [5.41, 5.74) is 5.04. The smallest absolute Gasteiger partial charge is 0.288 e. The first-order valence-corrected chi connectivity index (χ1v) is 5.57. The van der Waals surface area contributed by atoms with Crippen LogP contribution in [-0.4, -0.2) is 21.0 Å². The molecule has 2 rings (SSSR count). The molecule has 21 heavy (non-hydrogen) atoms. The van der Waals surface area contributed by atoms with Gasteiger partial charge in [-0.3, -0.25) is 10.1 Å². The number of oxime groups is 1. The number of hydrogen-bond donors (Lipinski definition) is 2. The molecule has 9 heteroatoms. The van der Waals surface area contributed by atoms with E-state index in [1.165, 1.54) is 24.3 Å². The number of ether oxygens (including phenoxy) is 1. The average molecular weight is 292 g/mol. The highest BCUT2D eigenvalue weighted by molar-refractivity contribution is 5.99. The van der Waals surface area contributed by atoms with E-state index in [0.717, 1.165) is 12.3 Å². The van der Waals surface area contributed by atoms with Crippen molar-refractivity contribution in [3.8, 4) is 11.6 Å². The van der Waals surface area contributed by atoms with Crippen LogP contribution in [0.3, 0.4) is 0 Å². The van der Waals surface area contributed by atoms with Gasteiger partial charge in [-0.2, -0.15) is 0 Å². The van der Waals surface area contributed by atoms with E-state index < -0.39 is 16.6 Å². The Kier molecular flexibility index (Phi) is 3.93. The van der Waals surface area contributed by atoms with Gasteiger partial charge in [0.25, 0.3) is 5.69 Å². The van der Waals surface area contributed by atoms with Crippen molar-refractivity contribution >= 4 is 11.5 Å². The van der Waals surface area contributed by atoms with E-state index in [4.69, 9.17) is 15.7 Å². The molecule has 1 aromatic heterocycles. The van der Waals surface area contributed by atoms with Crippen LogP contribution in [0.25, 0.3) is 0 Å². The third-order valence-electron chi connectivity index (χ3n) is 2.46. The number of pyridine rings is 1. The van der Waals surface area contributed by atoms with Crippen LogP contribution in [0, 0.1) is 15.9 Å². The fourth-order valence-corrected chi connectivity index (χ4v) is 1.47. The van der Waals surface area contributed by atoms with Crippen LogP contribution in [0.4, 0.5) is 10.1 Å². The first kappa shape index (κ1) is 14.2. The van der Waals surface area contributed by atoms with E-state index in [0.29, 0.717) is 0 Å². The van der Waals surface area contributed by atoms with Gasteiger partial charge in [0.05, 0.1) is 10.5 Å². The lowest BCUT2D eigenvalue weighted by atomic mass is 10.2. The standard InChI is InChI=1S/C12H9FN4O4/c13-7-1-3-9(4-2-7)21-12-10(11(14)16-18)5-8(6-15-12)17(19)20/h1-6,18H,(H2,14,16). The minimum Gasteiger partial charge on any atom is -0.438 e. The Balaban J connectivity index is 2.42. The van der Waals surface area contributed by atoms with Crippen molar-refractivity contribution in [2.24, 2.45) is 10.9 Å². The lowest BCUT2D eigenvalue weighted by Gasteiger charge is -2.08. The highest BCUT2D eigenvalue weighted by atomic mass is 19.1. The second-order valence-electron chi connectivity index (χ2n) is 3.84. The van der Waals surface area contributed by atoms with Gasteiger partial charge in [-0.1, -0.05) is 5.16 Å². The molecule has 0 aliphatic heterocycles. The molecule has 0 saturated carbocycles. The summed E-state index contributed by atoms with van der Waals surface area (Å²) in [6.07, 6.45) is 0.965. The zero-order valence-corrected chi connectivity index (χ0v) is 10.4. The second kappa shape index (κ2) is 5.82. The number of rotatable bonds is 4. The average Bonchev–Trinajstić information content (AvgIpc) is 2.49. The number of nitrogens with two attached hydrogens (primary N) is 1. The van der Waals surface area contributed by atoms with Crippen molar-refractivity contribution < 1.29 is 19.3 Å². The van der Waals surface area contributed by atoms with Gasteiger partial charge >= 0.3 is 0 Å². The van der Waals surface area contributed by atoms with Crippen molar-refractivity contribution in [3.63, 3.8) is 0 Å². The molecule has 0 bridgehead atoms. The van der Waals surface area contributed by atoms with E-state index in [-0.39, 0.29) is 22.9 Å². The zero-order valence-electron chi connectivity index (χ0n) is 10.4. The first-order chi connectivity index (χ1) is 10.0. The molecule has 0 radical (unpaired) electrons. The van der Waals surface area contributed by atoms with Crippen LogP contribution in [0.15, 0.2) is 41.7 Å². The Morgan fingerprint density at radius 2 is 2.10 bits per heavy atom. The molecule has 0 spiro atoms. The maximum atomic E-state index is 12.8. The van der Waals surface area contributed by atoms with Gasteiger partial charge in [-0.05, 0) is 24.3 Å². The summed E-state index contributed by atoms with van der Waals surface area (Å²) in [6, 6.07) is 6.08. The predicted molar refractivity (Wildman–Crippen MR) is 69.9 cm³/mol. The van der Waals surface area contributed by atoms with Crippen LogP contribution in [0.2, 0.25) is 0 Å². The summed E-state index contributed by atoms with van der Waals surface area (Å²) in [4.78, 5) is 13.8. The van der Waals surface area contributed by atoms with Crippen LogP contribution < -0.4 is 10.5 Å². The molecular formula is C12H9FN4O4. The van der Waals surface area contributed by atoms with Gasteiger partial charge < -0.3 is 15.7 Å². The minimum atomic E-state index is -0.678.